The summed E-state index contributed by atoms with van der Waals surface area (Å²) in [5.41, 5.74) is 4.71. The lowest BCUT2D eigenvalue weighted by Crippen LogP contribution is -2.33. The summed E-state index contributed by atoms with van der Waals surface area (Å²) < 4.78 is 0. The minimum Gasteiger partial charge on any atom is -0.287 e. The van der Waals surface area contributed by atoms with Gasteiger partial charge in [-0.15, -0.1) is 0 Å². The number of nitrogens with zero attached hydrogens (tertiary/aromatic N) is 1. The van der Waals surface area contributed by atoms with Gasteiger partial charge in [0, 0.05) is 11.1 Å². The highest BCUT2D eigenvalue weighted by Crippen LogP contribution is 2.35. The number of benzene rings is 2. The van der Waals surface area contributed by atoms with Crippen LogP contribution in [0.4, 0.5) is 0 Å². The van der Waals surface area contributed by atoms with Crippen LogP contribution in [0.2, 0.25) is 0 Å². The summed E-state index contributed by atoms with van der Waals surface area (Å²) in [6.07, 6.45) is 7.12. The summed E-state index contributed by atoms with van der Waals surface area (Å²) in [7, 11) is 0. The van der Waals surface area contributed by atoms with E-state index in [0.717, 1.165) is 17.5 Å². The Hall–Kier alpha value is -2.22. The van der Waals surface area contributed by atoms with Crippen molar-refractivity contribution >= 4 is 11.5 Å². The maximum Gasteiger partial charge on any atom is 0.211 e. The van der Waals surface area contributed by atoms with Gasteiger partial charge in [-0.05, 0) is 50.2 Å². The average molecular weight is 345 g/mol. The van der Waals surface area contributed by atoms with E-state index in [0.29, 0.717) is 11.6 Å². The highest BCUT2D eigenvalue weighted by Gasteiger charge is 2.31. The predicted octanol–water partition coefficient (Wildman–Crippen LogP) is 5.74. The van der Waals surface area contributed by atoms with Gasteiger partial charge >= 0.3 is 0 Å². The molecule has 26 heavy (non-hydrogen) atoms. The van der Waals surface area contributed by atoms with E-state index in [1.54, 1.807) is 0 Å². The second-order valence-corrected chi connectivity index (χ2v) is 8.36. The average Bonchev–Trinajstić information content (AvgIpc) is 2.67. The predicted molar refractivity (Wildman–Crippen MR) is 107 cm³/mol. The smallest absolute Gasteiger partial charge is 0.211 e. The quantitative estimate of drug-likeness (QED) is 0.652. The Kier molecular flexibility index (Phi) is 4.52. The summed E-state index contributed by atoms with van der Waals surface area (Å²) in [4.78, 5) is 18.5. The fourth-order valence-electron chi connectivity index (χ4n) is 4.55. The Bertz CT molecular complexity index is 856. The molecular formula is C24H27NO. The van der Waals surface area contributed by atoms with Crippen molar-refractivity contribution in [2.24, 2.45) is 4.99 Å². The third-order valence-electron chi connectivity index (χ3n) is 5.78. The van der Waals surface area contributed by atoms with E-state index in [1.807, 2.05) is 24.3 Å². The fourth-order valence-corrected chi connectivity index (χ4v) is 4.55. The molecule has 0 unspecified atom stereocenters. The molecule has 2 aliphatic rings. The third-order valence-corrected chi connectivity index (χ3v) is 5.78. The van der Waals surface area contributed by atoms with Crippen molar-refractivity contribution in [3.8, 4) is 0 Å². The van der Waals surface area contributed by atoms with E-state index in [1.165, 1.54) is 43.2 Å². The molecule has 1 saturated carbocycles. The summed E-state index contributed by atoms with van der Waals surface area (Å²) in [5.74, 6) is 0.600. The zero-order valence-corrected chi connectivity index (χ0v) is 15.8. The van der Waals surface area contributed by atoms with Crippen molar-refractivity contribution < 1.29 is 4.79 Å². The van der Waals surface area contributed by atoms with Gasteiger partial charge in [0.2, 0.25) is 5.78 Å². The topological polar surface area (TPSA) is 29.4 Å². The molecule has 0 bridgehead atoms. The van der Waals surface area contributed by atoms with Crippen LogP contribution < -0.4 is 0 Å². The Labute approximate surface area is 156 Å². The molecule has 0 aromatic heterocycles. The molecule has 0 saturated heterocycles. The molecule has 0 spiro atoms. The molecule has 1 aliphatic carbocycles. The van der Waals surface area contributed by atoms with Gasteiger partial charge in [0.15, 0.2) is 0 Å². The number of fused-ring (bicyclic) bond motifs is 1. The maximum atomic E-state index is 13.6. The van der Waals surface area contributed by atoms with E-state index < -0.39 is 0 Å². The van der Waals surface area contributed by atoms with Crippen LogP contribution in [-0.2, 0) is 6.42 Å². The fraction of sp³-hybridized carbons (Fsp3) is 0.417. The lowest BCUT2D eigenvalue weighted by Gasteiger charge is -2.29. The Morgan fingerprint density at radius 2 is 1.65 bits per heavy atom. The van der Waals surface area contributed by atoms with Crippen LogP contribution in [-0.4, -0.2) is 17.0 Å². The number of ketones is 1. The molecular weight excluding hydrogens is 318 g/mol. The second kappa shape index (κ2) is 6.83. The van der Waals surface area contributed by atoms with Crippen LogP contribution in [0.3, 0.4) is 0 Å². The number of carbonyl (C=O) groups is 1. The van der Waals surface area contributed by atoms with Gasteiger partial charge < -0.3 is 0 Å². The molecule has 134 valence electrons. The van der Waals surface area contributed by atoms with E-state index in [-0.39, 0.29) is 11.3 Å². The van der Waals surface area contributed by atoms with Gasteiger partial charge in [0.05, 0.1) is 5.54 Å². The van der Waals surface area contributed by atoms with E-state index in [9.17, 15) is 4.79 Å². The zero-order chi connectivity index (χ0) is 18.1. The number of aliphatic imine (C=N–C) groups is 1. The number of carbonyl (C=O) groups excluding carboxylic acids is 1. The molecule has 2 aromatic carbocycles. The first-order valence-electron chi connectivity index (χ1n) is 9.87. The summed E-state index contributed by atoms with van der Waals surface area (Å²) >= 11 is 0. The van der Waals surface area contributed by atoms with E-state index in [2.05, 4.69) is 38.1 Å². The minimum atomic E-state index is -0.237. The molecule has 2 heteroatoms. The number of hydrogen-bond acceptors (Lipinski definition) is 2. The molecule has 2 aromatic rings. The first kappa shape index (κ1) is 17.2. The Morgan fingerprint density at radius 3 is 2.46 bits per heavy atom. The lowest BCUT2D eigenvalue weighted by atomic mass is 9.79. The standard InChI is InChI=1S/C24H27NO/c1-24(2)16-18-12-6-7-14-20(18)22(25-24)23(26)21-15-9-8-13-19(21)17-10-4-3-5-11-17/h6-9,12-15,17H,3-5,10-11,16H2,1-2H3. The third kappa shape index (κ3) is 3.25. The lowest BCUT2D eigenvalue weighted by molar-refractivity contribution is 0.106. The minimum absolute atomic E-state index is 0.0893. The van der Waals surface area contributed by atoms with Crippen molar-refractivity contribution in [1.82, 2.24) is 0 Å². The first-order chi connectivity index (χ1) is 12.6. The van der Waals surface area contributed by atoms with E-state index in [4.69, 9.17) is 4.99 Å². The summed E-state index contributed by atoms with van der Waals surface area (Å²) in [6, 6.07) is 16.5. The van der Waals surface area contributed by atoms with Crippen molar-refractivity contribution in [2.75, 3.05) is 0 Å². The first-order valence-corrected chi connectivity index (χ1v) is 9.87. The van der Waals surface area contributed by atoms with Crippen LogP contribution >= 0.6 is 0 Å². The van der Waals surface area contributed by atoms with Crippen molar-refractivity contribution in [3.63, 3.8) is 0 Å². The van der Waals surface area contributed by atoms with Crippen molar-refractivity contribution in [1.29, 1.82) is 0 Å². The number of rotatable bonds is 3. The van der Waals surface area contributed by atoms with Crippen LogP contribution in [0, 0.1) is 0 Å². The van der Waals surface area contributed by atoms with Gasteiger partial charge in [-0.2, -0.15) is 0 Å². The van der Waals surface area contributed by atoms with Crippen LogP contribution in [0.5, 0.6) is 0 Å². The van der Waals surface area contributed by atoms with Crippen molar-refractivity contribution in [2.45, 2.75) is 63.8 Å². The van der Waals surface area contributed by atoms with Crippen LogP contribution in [0.25, 0.3) is 0 Å². The second-order valence-electron chi connectivity index (χ2n) is 8.36. The highest BCUT2D eigenvalue weighted by molar-refractivity contribution is 6.52. The van der Waals surface area contributed by atoms with Gasteiger partial charge in [0.25, 0.3) is 0 Å². The van der Waals surface area contributed by atoms with Gasteiger partial charge in [0.1, 0.15) is 5.71 Å². The molecule has 0 amide bonds. The Balaban J connectivity index is 1.77. The van der Waals surface area contributed by atoms with Crippen LogP contribution in [0.15, 0.2) is 53.5 Å². The SMILES string of the molecule is CC1(C)Cc2ccccc2C(C(=O)c2ccccc2C2CCCCC2)=N1. The Morgan fingerprint density at radius 1 is 0.962 bits per heavy atom. The summed E-state index contributed by atoms with van der Waals surface area (Å²) in [5, 5.41) is 0. The van der Waals surface area contributed by atoms with Gasteiger partial charge in [-0.1, -0.05) is 67.8 Å². The van der Waals surface area contributed by atoms with E-state index >= 15 is 0 Å². The molecule has 1 heterocycles. The normalized spacial score (nSPS) is 19.5. The molecule has 1 aliphatic heterocycles. The molecule has 1 fully saturated rings. The van der Waals surface area contributed by atoms with Gasteiger partial charge in [-0.3, -0.25) is 9.79 Å². The molecule has 0 atom stereocenters. The molecule has 4 rings (SSSR count). The number of Topliss-reactive ketones (excluding diaryl/α,β-unsaturated/α-hetero) is 1. The van der Waals surface area contributed by atoms with Crippen LogP contribution in [0.1, 0.15) is 78.9 Å². The number of hydrogen-bond donors (Lipinski definition) is 0. The maximum absolute atomic E-state index is 13.6. The monoisotopic (exact) mass is 345 g/mol. The molecule has 0 radical (unpaired) electrons. The molecule has 0 N–H and O–H groups in total. The molecule has 2 nitrogen and oxygen atoms in total. The highest BCUT2D eigenvalue weighted by atomic mass is 16.1. The van der Waals surface area contributed by atoms with Crippen molar-refractivity contribution in [3.05, 3.63) is 70.8 Å². The largest absolute Gasteiger partial charge is 0.287 e. The zero-order valence-electron chi connectivity index (χ0n) is 15.8. The van der Waals surface area contributed by atoms with Gasteiger partial charge in [-0.25, -0.2) is 0 Å². The summed E-state index contributed by atoms with van der Waals surface area (Å²) in [6.45, 7) is 4.23.